The molecule has 1 atom stereocenters. The largest absolute Gasteiger partial charge is 0.383 e. The van der Waals surface area contributed by atoms with Gasteiger partial charge in [-0.3, -0.25) is 9.69 Å². The van der Waals surface area contributed by atoms with Gasteiger partial charge < -0.3 is 9.64 Å². The molecule has 0 unspecified atom stereocenters. The maximum Gasteiger partial charge on any atom is 0.254 e. The minimum atomic E-state index is 0.147. The maximum absolute atomic E-state index is 12.7. The highest BCUT2D eigenvalue weighted by atomic mass is 16.5. The van der Waals surface area contributed by atoms with Crippen LogP contribution in [0.3, 0.4) is 0 Å². The lowest BCUT2D eigenvalue weighted by atomic mass is 10.1. The molecule has 1 aromatic rings. The summed E-state index contributed by atoms with van der Waals surface area (Å²) in [5.74, 6) is 0.147. The first kappa shape index (κ1) is 16.5. The van der Waals surface area contributed by atoms with Crippen molar-refractivity contribution in [1.29, 1.82) is 0 Å². The molecular weight excluding hydrogens is 288 g/mol. The summed E-state index contributed by atoms with van der Waals surface area (Å²) in [6.07, 6.45) is 6.11. The third kappa shape index (κ3) is 4.12. The molecule has 4 heteroatoms. The van der Waals surface area contributed by atoms with E-state index < -0.39 is 0 Å². The average molecular weight is 316 g/mol. The molecule has 1 aromatic carbocycles. The lowest BCUT2D eigenvalue weighted by Gasteiger charge is -2.26. The molecule has 2 aliphatic rings. The van der Waals surface area contributed by atoms with E-state index in [0.29, 0.717) is 6.61 Å². The van der Waals surface area contributed by atoms with Crippen LogP contribution < -0.4 is 0 Å². The molecule has 0 aliphatic carbocycles. The number of carbonyl (C=O) groups is 1. The Morgan fingerprint density at radius 3 is 2.52 bits per heavy atom. The highest BCUT2D eigenvalue weighted by Crippen LogP contribution is 2.21. The summed E-state index contributed by atoms with van der Waals surface area (Å²) in [7, 11) is 1.70. The van der Waals surface area contributed by atoms with Gasteiger partial charge in [0.25, 0.3) is 5.91 Å². The summed E-state index contributed by atoms with van der Waals surface area (Å²) in [4.78, 5) is 17.2. The number of benzene rings is 1. The van der Waals surface area contributed by atoms with E-state index >= 15 is 0 Å². The van der Waals surface area contributed by atoms with Crippen LogP contribution in [0.5, 0.6) is 0 Å². The van der Waals surface area contributed by atoms with Gasteiger partial charge >= 0.3 is 0 Å². The summed E-state index contributed by atoms with van der Waals surface area (Å²) in [6, 6.07) is 8.44. The van der Waals surface area contributed by atoms with Gasteiger partial charge in [-0.2, -0.15) is 0 Å². The van der Waals surface area contributed by atoms with Crippen molar-refractivity contribution in [2.24, 2.45) is 0 Å². The highest BCUT2D eigenvalue weighted by molar-refractivity contribution is 5.94. The molecule has 2 fully saturated rings. The predicted octanol–water partition coefficient (Wildman–Crippen LogP) is 2.92. The highest BCUT2D eigenvalue weighted by Gasteiger charge is 2.29. The van der Waals surface area contributed by atoms with Gasteiger partial charge in [0.15, 0.2) is 0 Å². The lowest BCUT2D eigenvalue weighted by molar-refractivity contribution is 0.0630. The van der Waals surface area contributed by atoms with Gasteiger partial charge in [0.2, 0.25) is 0 Å². The van der Waals surface area contributed by atoms with Crippen molar-refractivity contribution in [2.75, 3.05) is 33.4 Å². The topological polar surface area (TPSA) is 32.8 Å². The van der Waals surface area contributed by atoms with Crippen LogP contribution in [0.4, 0.5) is 0 Å². The van der Waals surface area contributed by atoms with Gasteiger partial charge in [0.05, 0.1) is 12.6 Å². The minimum absolute atomic E-state index is 0.147. The Morgan fingerprint density at radius 1 is 1.09 bits per heavy atom. The van der Waals surface area contributed by atoms with Crippen LogP contribution in [0.25, 0.3) is 0 Å². The average Bonchev–Trinajstić information content (AvgIpc) is 3.04. The molecule has 0 aromatic heterocycles. The van der Waals surface area contributed by atoms with Crippen LogP contribution >= 0.6 is 0 Å². The summed E-state index contributed by atoms with van der Waals surface area (Å²) in [5, 5.41) is 0. The third-order valence-electron chi connectivity index (χ3n) is 5.05. The first-order valence-electron chi connectivity index (χ1n) is 8.89. The van der Waals surface area contributed by atoms with E-state index in [9.17, 15) is 4.79 Å². The molecular formula is C19H28N2O2. The van der Waals surface area contributed by atoms with Crippen molar-refractivity contribution in [3.05, 3.63) is 35.4 Å². The molecule has 126 valence electrons. The van der Waals surface area contributed by atoms with Crippen molar-refractivity contribution in [1.82, 2.24) is 9.80 Å². The Bertz CT molecular complexity index is 509. The number of methoxy groups -OCH3 is 1. The van der Waals surface area contributed by atoms with Gasteiger partial charge in [0.1, 0.15) is 0 Å². The summed E-state index contributed by atoms with van der Waals surface area (Å²) in [6.45, 7) is 4.89. The zero-order valence-corrected chi connectivity index (χ0v) is 14.2. The summed E-state index contributed by atoms with van der Waals surface area (Å²) < 4.78 is 5.25. The van der Waals surface area contributed by atoms with Gasteiger partial charge in [-0.25, -0.2) is 0 Å². The standard InChI is InChI=1S/C19H28N2O2/c1-23-15-18-6-5-13-21(18)19(22)17-9-7-16(8-10-17)14-20-11-3-2-4-12-20/h7-10,18H,2-6,11-15H2,1H3/t18-/m1/s1. The number of nitrogens with zero attached hydrogens (tertiary/aromatic N) is 2. The first-order chi connectivity index (χ1) is 11.3. The number of piperidine rings is 1. The number of ether oxygens (including phenoxy) is 1. The number of amides is 1. The number of carbonyl (C=O) groups excluding carboxylic acids is 1. The number of hydrogen-bond donors (Lipinski definition) is 0. The van der Waals surface area contributed by atoms with E-state index in [2.05, 4.69) is 17.0 Å². The fraction of sp³-hybridized carbons (Fsp3) is 0.632. The van der Waals surface area contributed by atoms with Crippen molar-refractivity contribution in [3.63, 3.8) is 0 Å². The summed E-state index contributed by atoms with van der Waals surface area (Å²) in [5.41, 5.74) is 2.11. The van der Waals surface area contributed by atoms with E-state index in [1.54, 1.807) is 7.11 Å². The summed E-state index contributed by atoms with van der Waals surface area (Å²) >= 11 is 0. The van der Waals surface area contributed by atoms with Crippen molar-refractivity contribution < 1.29 is 9.53 Å². The molecule has 0 spiro atoms. The monoisotopic (exact) mass is 316 g/mol. The van der Waals surface area contributed by atoms with E-state index in [1.165, 1.54) is 37.9 Å². The lowest BCUT2D eigenvalue weighted by Crippen LogP contribution is -2.38. The van der Waals surface area contributed by atoms with E-state index in [-0.39, 0.29) is 11.9 Å². The maximum atomic E-state index is 12.7. The van der Waals surface area contributed by atoms with Crippen LogP contribution in [-0.4, -0.2) is 55.1 Å². The van der Waals surface area contributed by atoms with E-state index in [0.717, 1.165) is 31.5 Å². The molecule has 4 nitrogen and oxygen atoms in total. The third-order valence-corrected chi connectivity index (χ3v) is 5.05. The second kappa shape index (κ2) is 7.93. The zero-order chi connectivity index (χ0) is 16.1. The molecule has 1 amide bonds. The quantitative estimate of drug-likeness (QED) is 0.837. The molecule has 0 radical (unpaired) electrons. The van der Waals surface area contributed by atoms with Crippen LogP contribution in [0.1, 0.15) is 48.0 Å². The molecule has 0 N–H and O–H groups in total. The van der Waals surface area contributed by atoms with Crippen LogP contribution in [0.2, 0.25) is 0 Å². The Morgan fingerprint density at radius 2 is 1.83 bits per heavy atom. The van der Waals surface area contributed by atoms with Crippen LogP contribution in [0.15, 0.2) is 24.3 Å². The van der Waals surface area contributed by atoms with Crippen LogP contribution in [0, 0.1) is 0 Å². The number of likely N-dealkylation sites (tertiary alicyclic amines) is 2. The minimum Gasteiger partial charge on any atom is -0.383 e. The van der Waals surface area contributed by atoms with Crippen molar-refractivity contribution >= 4 is 5.91 Å². The predicted molar refractivity (Wildman–Crippen MR) is 91.5 cm³/mol. The Labute approximate surface area is 139 Å². The number of rotatable bonds is 5. The molecule has 3 rings (SSSR count). The van der Waals surface area contributed by atoms with Crippen LogP contribution in [-0.2, 0) is 11.3 Å². The fourth-order valence-electron chi connectivity index (χ4n) is 3.76. The Hall–Kier alpha value is -1.39. The van der Waals surface area contributed by atoms with Crippen molar-refractivity contribution in [3.8, 4) is 0 Å². The van der Waals surface area contributed by atoms with E-state index in [4.69, 9.17) is 4.74 Å². The normalized spacial score (nSPS) is 22.5. The zero-order valence-electron chi connectivity index (χ0n) is 14.2. The molecule has 0 saturated carbocycles. The smallest absolute Gasteiger partial charge is 0.254 e. The molecule has 2 aliphatic heterocycles. The first-order valence-corrected chi connectivity index (χ1v) is 8.89. The second-order valence-electron chi connectivity index (χ2n) is 6.78. The SMILES string of the molecule is COC[C@H]1CCCN1C(=O)c1ccc(CN2CCCCC2)cc1. The second-order valence-corrected chi connectivity index (χ2v) is 6.78. The Kier molecular flexibility index (Phi) is 5.68. The molecule has 2 saturated heterocycles. The number of hydrogen-bond acceptors (Lipinski definition) is 3. The molecule has 0 bridgehead atoms. The van der Waals surface area contributed by atoms with Gasteiger partial charge in [-0.05, 0) is 56.5 Å². The fourth-order valence-corrected chi connectivity index (χ4v) is 3.76. The molecule has 2 heterocycles. The molecule has 23 heavy (non-hydrogen) atoms. The Balaban J connectivity index is 1.60. The van der Waals surface area contributed by atoms with Gasteiger partial charge in [-0.15, -0.1) is 0 Å². The van der Waals surface area contributed by atoms with E-state index in [1.807, 2.05) is 17.0 Å². The van der Waals surface area contributed by atoms with Gasteiger partial charge in [-0.1, -0.05) is 18.6 Å². The van der Waals surface area contributed by atoms with Gasteiger partial charge in [0, 0.05) is 25.8 Å². The van der Waals surface area contributed by atoms with Crippen molar-refractivity contribution in [2.45, 2.75) is 44.7 Å².